The lowest BCUT2D eigenvalue weighted by molar-refractivity contribution is -0.122. The molecule has 0 unspecified atom stereocenters. The van der Waals surface area contributed by atoms with Crippen molar-refractivity contribution in [3.05, 3.63) is 41.1 Å². The van der Waals surface area contributed by atoms with Crippen LogP contribution in [0.1, 0.15) is 24.0 Å². The highest BCUT2D eigenvalue weighted by Gasteiger charge is 2.32. The maximum atomic E-state index is 12.1. The molecule has 1 aromatic carbocycles. The van der Waals surface area contributed by atoms with Gasteiger partial charge in [0.25, 0.3) is 0 Å². The maximum Gasteiger partial charge on any atom is 0.227 e. The van der Waals surface area contributed by atoms with Crippen molar-refractivity contribution in [3.8, 4) is 0 Å². The summed E-state index contributed by atoms with van der Waals surface area (Å²) in [6.45, 7) is 3.92. The first-order valence-corrected chi connectivity index (χ1v) is 6.95. The van der Waals surface area contributed by atoms with Crippen LogP contribution in [0, 0.1) is 5.92 Å². The third-order valence-corrected chi connectivity index (χ3v) is 4.10. The summed E-state index contributed by atoms with van der Waals surface area (Å²) < 4.78 is 0. The van der Waals surface area contributed by atoms with Crippen LogP contribution in [0.5, 0.6) is 0 Å². The number of amides is 1. The van der Waals surface area contributed by atoms with Gasteiger partial charge in [-0.3, -0.25) is 4.79 Å². The third kappa shape index (κ3) is 2.32. The molecule has 0 aromatic heterocycles. The zero-order valence-electron chi connectivity index (χ0n) is 10.9. The van der Waals surface area contributed by atoms with Crippen LogP contribution in [0.15, 0.2) is 24.9 Å². The van der Waals surface area contributed by atoms with E-state index in [0.717, 1.165) is 29.7 Å². The molecule has 5 heteroatoms. The van der Waals surface area contributed by atoms with E-state index < -0.39 is 0 Å². The van der Waals surface area contributed by atoms with Crippen LogP contribution >= 0.6 is 11.6 Å². The number of carbonyl (C=O) groups is 1. The summed E-state index contributed by atoms with van der Waals surface area (Å²) in [4.78, 5) is 12.1. The molecule has 0 spiro atoms. The van der Waals surface area contributed by atoms with Crippen molar-refractivity contribution in [1.82, 2.24) is 5.32 Å². The lowest BCUT2D eigenvalue weighted by Crippen LogP contribution is -2.42. The third-order valence-electron chi connectivity index (χ3n) is 3.79. The van der Waals surface area contributed by atoms with Crippen LogP contribution in [-0.4, -0.2) is 11.9 Å². The number of hydrogen-bond donors (Lipinski definition) is 3. The van der Waals surface area contributed by atoms with Gasteiger partial charge in [0.1, 0.15) is 0 Å². The lowest BCUT2D eigenvalue weighted by atomic mass is 9.80. The van der Waals surface area contributed by atoms with E-state index in [1.807, 2.05) is 24.4 Å². The van der Waals surface area contributed by atoms with Crippen molar-refractivity contribution < 1.29 is 4.79 Å². The van der Waals surface area contributed by atoms with Gasteiger partial charge in [-0.2, -0.15) is 0 Å². The van der Waals surface area contributed by atoms with Crippen molar-refractivity contribution in [2.24, 2.45) is 11.7 Å². The highest BCUT2D eigenvalue weighted by molar-refractivity contribution is 6.34. The Hall–Kier alpha value is -1.78. The van der Waals surface area contributed by atoms with Gasteiger partial charge in [-0.25, -0.2) is 0 Å². The molecule has 1 amide bonds. The van der Waals surface area contributed by atoms with E-state index in [2.05, 4.69) is 17.2 Å². The van der Waals surface area contributed by atoms with E-state index in [9.17, 15) is 4.79 Å². The molecule has 1 aliphatic carbocycles. The Balaban J connectivity index is 1.82. The monoisotopic (exact) mass is 289 g/mol. The average molecular weight is 290 g/mol. The minimum atomic E-state index is -0.00899. The Morgan fingerprint density at radius 2 is 2.20 bits per heavy atom. The van der Waals surface area contributed by atoms with Crippen molar-refractivity contribution in [1.29, 1.82) is 0 Å². The molecule has 0 atom stereocenters. The van der Waals surface area contributed by atoms with Gasteiger partial charge in [-0.15, -0.1) is 0 Å². The van der Waals surface area contributed by atoms with Gasteiger partial charge in [0, 0.05) is 29.4 Å². The van der Waals surface area contributed by atoms with E-state index in [1.54, 1.807) is 0 Å². The molecule has 1 saturated carbocycles. The highest BCUT2D eigenvalue weighted by Crippen LogP contribution is 2.33. The SMILES string of the molecule is C=C1NC=Cc2cc(NC(=O)[C@H]3C[C@H](N)C3)c(Cl)cc21. The lowest BCUT2D eigenvalue weighted by Gasteiger charge is -2.31. The zero-order valence-corrected chi connectivity index (χ0v) is 11.7. The van der Waals surface area contributed by atoms with Crippen molar-refractivity contribution in [2.75, 3.05) is 5.32 Å². The first-order valence-electron chi connectivity index (χ1n) is 6.57. The normalized spacial score (nSPS) is 23.6. The number of halogens is 1. The second-order valence-electron chi connectivity index (χ2n) is 5.29. The molecule has 4 N–H and O–H groups in total. The molecular formula is C15H16ClN3O. The van der Waals surface area contributed by atoms with Crippen molar-refractivity contribution in [3.63, 3.8) is 0 Å². The molecule has 0 bridgehead atoms. The molecule has 2 aliphatic rings. The smallest absolute Gasteiger partial charge is 0.227 e. The van der Waals surface area contributed by atoms with E-state index in [1.165, 1.54) is 0 Å². The molecule has 20 heavy (non-hydrogen) atoms. The van der Waals surface area contributed by atoms with Gasteiger partial charge in [-0.05, 0) is 36.6 Å². The minimum Gasteiger partial charge on any atom is -0.362 e. The van der Waals surface area contributed by atoms with Gasteiger partial charge >= 0.3 is 0 Å². The fourth-order valence-electron chi connectivity index (χ4n) is 2.51. The number of rotatable bonds is 2. The maximum absolute atomic E-state index is 12.1. The standard InChI is InChI=1S/C15H16ClN3O/c1-8-12-7-13(16)14(6-9(12)2-3-18-8)19-15(20)10-4-11(17)5-10/h2-3,6-7,10-11,18H,1,4-5,17H2,(H,19,20)/t10-,11-. The number of fused-ring (bicyclic) bond motifs is 1. The Kier molecular flexibility index (Phi) is 3.28. The summed E-state index contributed by atoms with van der Waals surface area (Å²) >= 11 is 6.23. The van der Waals surface area contributed by atoms with Gasteiger partial charge < -0.3 is 16.4 Å². The minimum absolute atomic E-state index is 0.00396. The molecule has 104 valence electrons. The zero-order chi connectivity index (χ0) is 14.3. The van der Waals surface area contributed by atoms with Crippen molar-refractivity contribution in [2.45, 2.75) is 18.9 Å². The first kappa shape index (κ1) is 13.2. The number of anilines is 1. The topological polar surface area (TPSA) is 67.1 Å². The second kappa shape index (κ2) is 4.96. The van der Waals surface area contributed by atoms with Crippen molar-refractivity contribution >= 4 is 35.0 Å². The second-order valence-corrected chi connectivity index (χ2v) is 5.70. The van der Waals surface area contributed by atoms with Crippen LogP contribution in [0.3, 0.4) is 0 Å². The molecule has 0 radical (unpaired) electrons. The number of nitrogens with two attached hydrogens (primary N) is 1. The number of hydrogen-bond acceptors (Lipinski definition) is 3. The van der Waals surface area contributed by atoms with E-state index in [-0.39, 0.29) is 17.9 Å². The fraction of sp³-hybridized carbons (Fsp3) is 0.267. The predicted molar refractivity (Wildman–Crippen MR) is 82.0 cm³/mol. The van der Waals surface area contributed by atoms with E-state index in [0.29, 0.717) is 10.7 Å². The Morgan fingerprint density at radius 1 is 1.45 bits per heavy atom. The van der Waals surface area contributed by atoms with Crippen LogP contribution in [0.2, 0.25) is 5.02 Å². The van der Waals surface area contributed by atoms with Gasteiger partial charge in [0.05, 0.1) is 10.7 Å². The quantitative estimate of drug-likeness (QED) is 0.784. The summed E-state index contributed by atoms with van der Waals surface area (Å²) in [5, 5.41) is 6.43. The average Bonchev–Trinajstić information content (AvgIpc) is 2.37. The number of nitrogens with one attached hydrogen (secondary N) is 2. The molecule has 1 aliphatic heterocycles. The van der Waals surface area contributed by atoms with Crippen LogP contribution in [0.25, 0.3) is 11.8 Å². The Labute approximate surface area is 122 Å². The van der Waals surface area contributed by atoms with Crippen LogP contribution in [0.4, 0.5) is 5.69 Å². The summed E-state index contributed by atoms with van der Waals surface area (Å²) in [6.07, 6.45) is 5.23. The first-order chi connectivity index (χ1) is 9.54. The van der Waals surface area contributed by atoms with Gasteiger partial charge in [0.2, 0.25) is 5.91 Å². The Bertz CT molecular complexity index is 618. The fourth-order valence-corrected chi connectivity index (χ4v) is 2.72. The largest absolute Gasteiger partial charge is 0.362 e. The molecule has 4 nitrogen and oxygen atoms in total. The number of benzene rings is 1. The highest BCUT2D eigenvalue weighted by atomic mass is 35.5. The molecule has 3 rings (SSSR count). The van der Waals surface area contributed by atoms with Gasteiger partial charge in [0.15, 0.2) is 0 Å². The van der Waals surface area contributed by atoms with E-state index >= 15 is 0 Å². The number of carbonyl (C=O) groups excluding carboxylic acids is 1. The summed E-state index contributed by atoms with van der Waals surface area (Å²) in [5.74, 6) is -0.00503. The Morgan fingerprint density at radius 3 is 2.90 bits per heavy atom. The van der Waals surface area contributed by atoms with Gasteiger partial charge in [-0.1, -0.05) is 18.2 Å². The molecule has 1 heterocycles. The van der Waals surface area contributed by atoms with Crippen LogP contribution in [-0.2, 0) is 4.79 Å². The molecular weight excluding hydrogens is 274 g/mol. The van der Waals surface area contributed by atoms with E-state index in [4.69, 9.17) is 17.3 Å². The summed E-state index contributed by atoms with van der Waals surface area (Å²) in [6, 6.07) is 3.84. The summed E-state index contributed by atoms with van der Waals surface area (Å²) in [7, 11) is 0. The molecule has 0 saturated heterocycles. The summed E-state index contributed by atoms with van der Waals surface area (Å²) in [5.41, 5.74) is 9.07. The van der Waals surface area contributed by atoms with Crippen LogP contribution < -0.4 is 16.4 Å². The molecule has 1 aromatic rings. The molecule has 1 fully saturated rings. The predicted octanol–water partition coefficient (Wildman–Crippen LogP) is 2.56.